The molecule has 29 heavy (non-hydrogen) atoms. The third-order valence-corrected chi connectivity index (χ3v) is 4.90. The highest BCUT2D eigenvalue weighted by Crippen LogP contribution is 2.34. The lowest BCUT2D eigenvalue weighted by Crippen LogP contribution is -2.45. The highest BCUT2D eigenvalue weighted by atomic mass is 79.9. The lowest BCUT2D eigenvalue weighted by atomic mass is 9.94. The Kier molecular flexibility index (Phi) is 6.59. The molecule has 0 aliphatic carbocycles. The number of carbonyl (C=O) groups excluding carboxylic acids is 2. The van der Waals surface area contributed by atoms with Crippen LogP contribution in [0.3, 0.4) is 0 Å². The van der Waals surface area contributed by atoms with Gasteiger partial charge >= 0.3 is 12.0 Å². The van der Waals surface area contributed by atoms with Crippen LogP contribution in [0.15, 0.2) is 64.3 Å². The second kappa shape index (κ2) is 9.13. The van der Waals surface area contributed by atoms with Crippen LogP contribution in [0.2, 0.25) is 0 Å². The Morgan fingerprint density at radius 3 is 2.52 bits per heavy atom. The summed E-state index contributed by atoms with van der Waals surface area (Å²) in [5, 5.41) is 5.47. The second-order valence-electron chi connectivity index (χ2n) is 6.98. The lowest BCUT2D eigenvalue weighted by Gasteiger charge is -2.29. The van der Waals surface area contributed by atoms with Crippen molar-refractivity contribution in [1.29, 1.82) is 0 Å². The van der Waals surface area contributed by atoms with Crippen LogP contribution >= 0.6 is 15.9 Å². The topological polar surface area (TPSA) is 76.7 Å². The Morgan fingerprint density at radius 1 is 1.14 bits per heavy atom. The van der Waals surface area contributed by atoms with Crippen LogP contribution in [-0.2, 0) is 16.1 Å². The minimum Gasteiger partial charge on any atom is -0.489 e. The van der Waals surface area contributed by atoms with Gasteiger partial charge in [0.25, 0.3) is 0 Å². The molecule has 7 heteroatoms. The van der Waals surface area contributed by atoms with Gasteiger partial charge in [-0.15, -0.1) is 0 Å². The standard InChI is InChI=1S/C22H23BrN2O4/c1-13(2)29-21(26)19-14(3)24-22(27)25-20(19)17-6-4-5-7-18(17)28-12-15-8-10-16(23)11-9-15/h4-11,13,20H,12H2,1-3H3,(H2,24,25,27). The summed E-state index contributed by atoms with van der Waals surface area (Å²) in [6, 6.07) is 14.1. The first kappa shape index (κ1) is 20.9. The highest BCUT2D eigenvalue weighted by molar-refractivity contribution is 9.10. The van der Waals surface area contributed by atoms with Crippen molar-refractivity contribution in [3.8, 4) is 5.75 Å². The van der Waals surface area contributed by atoms with Gasteiger partial charge in [-0.25, -0.2) is 9.59 Å². The van der Waals surface area contributed by atoms with E-state index in [-0.39, 0.29) is 12.1 Å². The van der Waals surface area contributed by atoms with Gasteiger partial charge in [0.15, 0.2) is 0 Å². The van der Waals surface area contributed by atoms with E-state index in [1.807, 2.05) is 48.5 Å². The molecule has 2 aromatic carbocycles. The van der Waals surface area contributed by atoms with Crippen molar-refractivity contribution in [3.63, 3.8) is 0 Å². The lowest BCUT2D eigenvalue weighted by molar-refractivity contribution is -0.143. The molecular formula is C22H23BrN2O4. The van der Waals surface area contributed by atoms with E-state index < -0.39 is 12.0 Å². The number of halogens is 1. The summed E-state index contributed by atoms with van der Waals surface area (Å²) >= 11 is 3.42. The van der Waals surface area contributed by atoms with E-state index in [2.05, 4.69) is 26.6 Å². The summed E-state index contributed by atoms with van der Waals surface area (Å²) < 4.78 is 12.4. The normalized spacial score (nSPS) is 16.3. The predicted octanol–water partition coefficient (Wildman–Crippen LogP) is 4.61. The summed E-state index contributed by atoms with van der Waals surface area (Å²) in [5.74, 6) is 0.114. The zero-order valence-electron chi connectivity index (χ0n) is 16.5. The molecular weight excluding hydrogens is 436 g/mol. The van der Waals surface area contributed by atoms with Crippen molar-refractivity contribution in [2.75, 3.05) is 0 Å². The number of carbonyl (C=O) groups is 2. The molecule has 0 radical (unpaired) electrons. The van der Waals surface area contributed by atoms with Crippen molar-refractivity contribution < 1.29 is 19.1 Å². The summed E-state index contributed by atoms with van der Waals surface area (Å²) in [6.07, 6.45) is -0.273. The number of hydrogen-bond acceptors (Lipinski definition) is 4. The number of esters is 1. The van der Waals surface area contributed by atoms with Crippen LogP contribution in [0.5, 0.6) is 5.75 Å². The van der Waals surface area contributed by atoms with E-state index in [0.29, 0.717) is 29.2 Å². The van der Waals surface area contributed by atoms with Gasteiger partial charge in [-0.3, -0.25) is 0 Å². The number of allylic oxidation sites excluding steroid dienone is 1. The van der Waals surface area contributed by atoms with E-state index >= 15 is 0 Å². The van der Waals surface area contributed by atoms with E-state index in [9.17, 15) is 9.59 Å². The number of hydrogen-bond donors (Lipinski definition) is 2. The number of para-hydroxylation sites is 1. The molecule has 6 nitrogen and oxygen atoms in total. The fourth-order valence-corrected chi connectivity index (χ4v) is 3.33. The van der Waals surface area contributed by atoms with Crippen molar-refractivity contribution >= 4 is 27.9 Å². The van der Waals surface area contributed by atoms with Crippen LogP contribution in [-0.4, -0.2) is 18.1 Å². The molecule has 0 aromatic heterocycles. The summed E-state index contributed by atoms with van der Waals surface area (Å²) in [7, 11) is 0. The maximum Gasteiger partial charge on any atom is 0.338 e. The molecule has 1 atom stereocenters. The fraction of sp³-hybridized carbons (Fsp3) is 0.273. The van der Waals surface area contributed by atoms with Gasteiger partial charge in [-0.05, 0) is 44.5 Å². The molecule has 0 spiro atoms. The van der Waals surface area contributed by atoms with Gasteiger partial charge in [-0.2, -0.15) is 0 Å². The molecule has 3 rings (SSSR count). The van der Waals surface area contributed by atoms with Gasteiger partial charge in [0.2, 0.25) is 0 Å². The molecule has 1 heterocycles. The van der Waals surface area contributed by atoms with Gasteiger partial charge in [0, 0.05) is 15.7 Å². The minimum absolute atomic E-state index is 0.273. The predicted molar refractivity (Wildman–Crippen MR) is 113 cm³/mol. The van der Waals surface area contributed by atoms with Crippen molar-refractivity contribution in [2.45, 2.75) is 39.5 Å². The molecule has 152 valence electrons. The highest BCUT2D eigenvalue weighted by Gasteiger charge is 2.34. The number of rotatable bonds is 6. The number of urea groups is 1. The van der Waals surface area contributed by atoms with Crippen LogP contribution in [0.25, 0.3) is 0 Å². The molecule has 1 aliphatic heterocycles. The first-order chi connectivity index (χ1) is 13.8. The Bertz CT molecular complexity index is 938. The number of nitrogens with one attached hydrogen (secondary N) is 2. The SMILES string of the molecule is CC1=C(C(=O)OC(C)C)C(c2ccccc2OCc2ccc(Br)cc2)NC(=O)N1. The maximum absolute atomic E-state index is 12.7. The summed E-state index contributed by atoms with van der Waals surface area (Å²) in [4.78, 5) is 24.8. The summed E-state index contributed by atoms with van der Waals surface area (Å²) in [5.41, 5.74) is 2.52. The number of ether oxygens (including phenoxy) is 2. The van der Waals surface area contributed by atoms with Crippen LogP contribution in [0, 0.1) is 0 Å². The van der Waals surface area contributed by atoms with Crippen LogP contribution in [0.1, 0.15) is 37.9 Å². The first-order valence-electron chi connectivity index (χ1n) is 9.30. The number of amides is 2. The summed E-state index contributed by atoms with van der Waals surface area (Å²) in [6.45, 7) is 5.62. The fourth-order valence-electron chi connectivity index (χ4n) is 3.07. The molecule has 1 unspecified atom stereocenters. The third kappa shape index (κ3) is 5.17. The minimum atomic E-state index is -0.670. The van der Waals surface area contributed by atoms with Crippen molar-refractivity contribution in [2.24, 2.45) is 0 Å². The molecule has 2 N–H and O–H groups in total. The molecule has 2 amide bonds. The molecule has 0 saturated carbocycles. The zero-order chi connectivity index (χ0) is 21.0. The second-order valence-corrected chi connectivity index (χ2v) is 7.89. The van der Waals surface area contributed by atoms with Crippen LogP contribution in [0.4, 0.5) is 4.79 Å². The van der Waals surface area contributed by atoms with Crippen molar-refractivity contribution in [1.82, 2.24) is 10.6 Å². The third-order valence-electron chi connectivity index (χ3n) is 4.37. The van der Waals surface area contributed by atoms with Gasteiger partial charge in [-0.1, -0.05) is 46.3 Å². The quantitative estimate of drug-likeness (QED) is 0.619. The Labute approximate surface area is 178 Å². The molecule has 0 bridgehead atoms. The first-order valence-corrected chi connectivity index (χ1v) is 10.1. The van der Waals surface area contributed by atoms with Gasteiger partial charge < -0.3 is 20.1 Å². The smallest absolute Gasteiger partial charge is 0.338 e. The largest absolute Gasteiger partial charge is 0.489 e. The van der Waals surface area contributed by atoms with Crippen molar-refractivity contribution in [3.05, 3.63) is 75.4 Å². The van der Waals surface area contributed by atoms with E-state index in [4.69, 9.17) is 9.47 Å². The van der Waals surface area contributed by atoms with Crippen LogP contribution < -0.4 is 15.4 Å². The van der Waals surface area contributed by atoms with Gasteiger partial charge in [0.1, 0.15) is 12.4 Å². The molecule has 1 aliphatic rings. The van der Waals surface area contributed by atoms with E-state index in [1.165, 1.54) is 0 Å². The number of benzene rings is 2. The van der Waals surface area contributed by atoms with E-state index in [1.54, 1.807) is 20.8 Å². The molecule has 2 aromatic rings. The monoisotopic (exact) mass is 458 g/mol. The Morgan fingerprint density at radius 2 is 1.83 bits per heavy atom. The molecule has 0 fully saturated rings. The van der Waals surface area contributed by atoms with E-state index in [0.717, 1.165) is 10.0 Å². The Hall–Kier alpha value is -2.80. The molecule has 0 saturated heterocycles. The average molecular weight is 459 g/mol. The van der Waals surface area contributed by atoms with Gasteiger partial charge in [0.05, 0.1) is 17.7 Å². The Balaban J connectivity index is 1.91. The zero-order valence-corrected chi connectivity index (χ0v) is 18.1. The maximum atomic E-state index is 12.7. The average Bonchev–Trinajstić information content (AvgIpc) is 2.66.